The zero-order valence-electron chi connectivity index (χ0n) is 19.5. The fourth-order valence-electron chi connectivity index (χ4n) is 4.74. The summed E-state index contributed by atoms with van der Waals surface area (Å²) < 4.78 is 0. The van der Waals surface area contributed by atoms with E-state index < -0.39 is 4.92 Å². The van der Waals surface area contributed by atoms with Crippen molar-refractivity contribution in [1.29, 1.82) is 0 Å². The van der Waals surface area contributed by atoms with Gasteiger partial charge >= 0.3 is 0 Å². The van der Waals surface area contributed by atoms with E-state index in [4.69, 9.17) is 4.99 Å². The Morgan fingerprint density at radius 3 is 2.37 bits per heavy atom. The first-order valence-corrected chi connectivity index (χ1v) is 12.0. The largest absolute Gasteiger partial charge is 0.494 e. The highest BCUT2D eigenvalue weighted by Gasteiger charge is 2.21. The maximum absolute atomic E-state index is 11.4. The molecule has 1 fully saturated rings. The van der Waals surface area contributed by atoms with Crippen molar-refractivity contribution in [2.75, 3.05) is 13.1 Å². The normalized spacial score (nSPS) is 15.3. The van der Waals surface area contributed by atoms with Gasteiger partial charge in [-0.25, -0.2) is 4.99 Å². The van der Waals surface area contributed by atoms with E-state index in [0.29, 0.717) is 22.2 Å². The topological polar surface area (TPSA) is 94.8 Å². The van der Waals surface area contributed by atoms with Crippen LogP contribution >= 0.6 is 0 Å². The highest BCUT2D eigenvalue weighted by molar-refractivity contribution is 6.22. The van der Waals surface area contributed by atoms with Crippen LogP contribution in [-0.4, -0.2) is 38.7 Å². The molecule has 1 saturated heterocycles. The smallest absolute Gasteiger partial charge is 0.270 e. The molecule has 2 N–H and O–H groups in total. The molecule has 1 aliphatic rings. The number of aromatic hydroxyl groups is 1. The highest BCUT2D eigenvalue weighted by Crippen LogP contribution is 2.33. The summed E-state index contributed by atoms with van der Waals surface area (Å²) in [7, 11) is 0. The molecule has 0 radical (unpaired) electrons. The molecule has 178 valence electrons. The molecule has 1 aliphatic heterocycles. The van der Waals surface area contributed by atoms with Crippen molar-refractivity contribution < 1.29 is 10.0 Å². The van der Waals surface area contributed by atoms with Gasteiger partial charge in [0.25, 0.3) is 5.69 Å². The Bertz CT molecular complexity index is 1350. The molecule has 0 aliphatic carbocycles. The second-order valence-corrected chi connectivity index (χ2v) is 9.02. The van der Waals surface area contributed by atoms with Crippen LogP contribution in [0.2, 0.25) is 0 Å². The third-order valence-corrected chi connectivity index (χ3v) is 6.54. The lowest BCUT2D eigenvalue weighted by molar-refractivity contribution is -0.384. The second-order valence-electron chi connectivity index (χ2n) is 9.02. The number of H-pyrrole nitrogens is 1. The standard InChI is InChI=1S/C28H28N4O3/c33-28-26(24-18-23(32(34)35)14-15-25(24)30-28)27(21-8-4-3-5-9-21)29-22-12-10-20(11-13-22)19-31-16-6-1-2-7-17-31/h3-5,8-15,18,30,33H,1-2,6-7,16-17,19H2. The third-order valence-electron chi connectivity index (χ3n) is 6.54. The molecule has 0 spiro atoms. The van der Waals surface area contributed by atoms with Crippen molar-refractivity contribution in [1.82, 2.24) is 9.88 Å². The van der Waals surface area contributed by atoms with Gasteiger partial charge in [-0.1, -0.05) is 55.3 Å². The second kappa shape index (κ2) is 10.1. The molecule has 35 heavy (non-hydrogen) atoms. The zero-order valence-corrected chi connectivity index (χ0v) is 19.5. The Morgan fingerprint density at radius 2 is 1.69 bits per heavy atom. The summed E-state index contributed by atoms with van der Waals surface area (Å²) in [4.78, 5) is 21.3. The van der Waals surface area contributed by atoms with Crippen molar-refractivity contribution in [3.63, 3.8) is 0 Å². The molecule has 1 aromatic heterocycles. The molecule has 0 atom stereocenters. The van der Waals surface area contributed by atoms with Crippen LogP contribution in [-0.2, 0) is 6.54 Å². The Kier molecular flexibility index (Phi) is 6.59. The fourth-order valence-corrected chi connectivity index (χ4v) is 4.74. The molecule has 4 aromatic rings. The predicted molar refractivity (Wildman–Crippen MR) is 139 cm³/mol. The lowest BCUT2D eigenvalue weighted by atomic mass is 10.0. The van der Waals surface area contributed by atoms with E-state index in [1.807, 2.05) is 42.5 Å². The first kappa shape index (κ1) is 22.8. The molecule has 2 heterocycles. The zero-order chi connectivity index (χ0) is 24.2. The lowest BCUT2D eigenvalue weighted by Crippen LogP contribution is -2.23. The monoisotopic (exact) mass is 468 g/mol. The maximum atomic E-state index is 11.4. The van der Waals surface area contributed by atoms with Gasteiger partial charge in [-0.15, -0.1) is 0 Å². The number of hydrogen-bond donors (Lipinski definition) is 2. The Labute approximate surface area is 203 Å². The van der Waals surface area contributed by atoms with Gasteiger partial charge < -0.3 is 10.1 Å². The Balaban J connectivity index is 1.53. The number of rotatable bonds is 6. The summed E-state index contributed by atoms with van der Waals surface area (Å²) in [5, 5.41) is 22.8. The van der Waals surface area contributed by atoms with E-state index in [0.717, 1.165) is 30.9 Å². The first-order chi connectivity index (χ1) is 17.1. The molecule has 7 nitrogen and oxygen atoms in total. The number of nitro benzene ring substituents is 1. The van der Waals surface area contributed by atoms with Crippen molar-refractivity contribution in [3.8, 4) is 5.88 Å². The number of aromatic nitrogens is 1. The van der Waals surface area contributed by atoms with Crippen LogP contribution in [0, 0.1) is 10.1 Å². The average molecular weight is 469 g/mol. The number of fused-ring (bicyclic) bond motifs is 1. The summed E-state index contributed by atoms with van der Waals surface area (Å²) in [6, 6.07) is 22.3. The van der Waals surface area contributed by atoms with E-state index in [2.05, 4.69) is 22.0 Å². The molecule has 5 rings (SSSR count). The molecule has 7 heteroatoms. The summed E-state index contributed by atoms with van der Waals surface area (Å²) in [6.45, 7) is 3.22. The number of aromatic amines is 1. The number of nitrogens with one attached hydrogen (secondary N) is 1. The summed E-state index contributed by atoms with van der Waals surface area (Å²) >= 11 is 0. The maximum Gasteiger partial charge on any atom is 0.270 e. The number of nitro groups is 1. The van der Waals surface area contributed by atoms with Gasteiger partial charge in [0.1, 0.15) is 0 Å². The van der Waals surface area contributed by atoms with E-state index in [1.54, 1.807) is 6.07 Å². The van der Waals surface area contributed by atoms with Crippen LogP contribution in [0.15, 0.2) is 77.8 Å². The minimum absolute atomic E-state index is 0.0389. The SMILES string of the molecule is O=[N+]([O-])c1ccc2[nH]c(O)c(C(=Nc3ccc(CN4CCCCCC4)cc3)c3ccccc3)c2c1. The predicted octanol–water partition coefficient (Wildman–Crippen LogP) is 6.33. The first-order valence-electron chi connectivity index (χ1n) is 12.0. The van der Waals surface area contributed by atoms with Crippen LogP contribution in [0.3, 0.4) is 0 Å². The number of aliphatic imine (C=N–C) groups is 1. The molecule has 0 bridgehead atoms. The van der Waals surface area contributed by atoms with Gasteiger partial charge in [0.05, 0.1) is 21.9 Å². The summed E-state index contributed by atoms with van der Waals surface area (Å²) in [5.41, 5.74) is 4.38. The van der Waals surface area contributed by atoms with Crippen molar-refractivity contribution in [2.45, 2.75) is 32.2 Å². The fraction of sp³-hybridized carbons (Fsp3) is 0.250. The molecule has 3 aromatic carbocycles. The molecule has 0 amide bonds. The molecular formula is C28H28N4O3. The van der Waals surface area contributed by atoms with Crippen LogP contribution in [0.5, 0.6) is 5.88 Å². The number of likely N-dealkylation sites (tertiary alicyclic amines) is 1. The lowest BCUT2D eigenvalue weighted by Gasteiger charge is -2.19. The van der Waals surface area contributed by atoms with Crippen LogP contribution in [0.1, 0.15) is 42.4 Å². The van der Waals surface area contributed by atoms with E-state index >= 15 is 0 Å². The minimum Gasteiger partial charge on any atom is -0.494 e. The number of benzene rings is 3. The van der Waals surface area contributed by atoms with E-state index in [1.165, 1.54) is 43.4 Å². The number of nitrogens with zero attached hydrogens (tertiary/aromatic N) is 3. The molecular weight excluding hydrogens is 440 g/mol. The summed E-state index contributed by atoms with van der Waals surface area (Å²) in [5.74, 6) is -0.0686. The number of hydrogen-bond acceptors (Lipinski definition) is 5. The van der Waals surface area contributed by atoms with E-state index in [-0.39, 0.29) is 11.6 Å². The van der Waals surface area contributed by atoms with E-state index in [9.17, 15) is 15.2 Å². The van der Waals surface area contributed by atoms with Gasteiger partial charge in [0, 0.05) is 35.1 Å². The van der Waals surface area contributed by atoms with Gasteiger partial charge in [-0.05, 0) is 49.7 Å². The van der Waals surface area contributed by atoms with Gasteiger partial charge in [0.15, 0.2) is 5.88 Å². The third kappa shape index (κ3) is 5.10. The van der Waals surface area contributed by atoms with Crippen molar-refractivity contribution in [2.24, 2.45) is 4.99 Å². The summed E-state index contributed by atoms with van der Waals surface area (Å²) in [6.07, 6.45) is 5.15. The van der Waals surface area contributed by atoms with Crippen molar-refractivity contribution >= 4 is 28.0 Å². The van der Waals surface area contributed by atoms with Crippen LogP contribution < -0.4 is 0 Å². The molecule has 0 saturated carbocycles. The molecule has 0 unspecified atom stereocenters. The van der Waals surface area contributed by atoms with Crippen LogP contribution in [0.25, 0.3) is 10.9 Å². The highest BCUT2D eigenvalue weighted by atomic mass is 16.6. The van der Waals surface area contributed by atoms with Crippen LogP contribution in [0.4, 0.5) is 11.4 Å². The average Bonchev–Trinajstić information content (AvgIpc) is 3.01. The van der Waals surface area contributed by atoms with Crippen molar-refractivity contribution in [3.05, 3.63) is 99.6 Å². The van der Waals surface area contributed by atoms with Gasteiger partial charge in [-0.3, -0.25) is 15.0 Å². The quantitative estimate of drug-likeness (QED) is 0.196. The van der Waals surface area contributed by atoms with Gasteiger partial charge in [-0.2, -0.15) is 0 Å². The van der Waals surface area contributed by atoms with Gasteiger partial charge in [0.2, 0.25) is 0 Å². The number of non-ortho nitro benzene ring substituents is 1. The Morgan fingerprint density at radius 1 is 0.971 bits per heavy atom. The Hall–Kier alpha value is -3.97. The minimum atomic E-state index is -0.435.